The average Bonchev–Trinajstić information content (AvgIpc) is 2.90. The predicted octanol–water partition coefficient (Wildman–Crippen LogP) is 0.993. The number of aromatic amines is 1. The lowest BCUT2D eigenvalue weighted by Gasteiger charge is -2.18. The number of ether oxygens (including phenoxy) is 1. The Hall–Kier alpha value is -2.83. The number of hydrogen-bond acceptors (Lipinski definition) is 4. The number of anilines is 2. The van der Waals surface area contributed by atoms with Crippen molar-refractivity contribution in [2.75, 3.05) is 17.2 Å². The Morgan fingerprint density at radius 3 is 3.05 bits per heavy atom. The zero-order chi connectivity index (χ0) is 13.2. The molecule has 0 aliphatic carbocycles. The first-order valence-electron chi connectivity index (χ1n) is 5.60. The molecule has 2 aromatic rings. The van der Waals surface area contributed by atoms with Crippen LogP contribution in [-0.4, -0.2) is 28.6 Å². The number of hydrogen-bond donors (Lipinski definition) is 3. The molecule has 0 radical (unpaired) electrons. The molecule has 2 heterocycles. The minimum atomic E-state index is -0.299. The summed E-state index contributed by atoms with van der Waals surface area (Å²) in [6, 6.07) is 6.48. The second kappa shape index (κ2) is 4.45. The minimum Gasteiger partial charge on any atom is -0.482 e. The monoisotopic (exact) mass is 258 g/mol. The highest BCUT2D eigenvalue weighted by Gasteiger charge is 2.17. The topological polar surface area (TPSA) is 96.1 Å². The lowest BCUT2D eigenvalue weighted by Crippen LogP contribution is -2.25. The maximum atomic E-state index is 12.0. The lowest BCUT2D eigenvalue weighted by atomic mass is 10.1. The minimum absolute atomic E-state index is 0.00725. The van der Waals surface area contributed by atoms with Crippen molar-refractivity contribution in [1.82, 2.24) is 10.2 Å². The summed E-state index contributed by atoms with van der Waals surface area (Å²) in [6.07, 6.45) is 1.54. The maximum Gasteiger partial charge on any atom is 0.262 e. The van der Waals surface area contributed by atoms with E-state index in [2.05, 4.69) is 20.8 Å². The molecule has 0 saturated carbocycles. The number of H-pyrrole nitrogens is 1. The van der Waals surface area contributed by atoms with Crippen LogP contribution in [0.25, 0.3) is 0 Å². The molecule has 0 saturated heterocycles. The highest BCUT2D eigenvalue weighted by Crippen LogP contribution is 2.28. The molecule has 0 fully saturated rings. The summed E-state index contributed by atoms with van der Waals surface area (Å²) in [6.45, 7) is -0.00725. The summed E-state index contributed by atoms with van der Waals surface area (Å²) in [5, 5.41) is 11.7. The van der Waals surface area contributed by atoms with Crippen molar-refractivity contribution in [2.24, 2.45) is 0 Å². The third-order valence-electron chi connectivity index (χ3n) is 2.62. The summed E-state index contributed by atoms with van der Waals surface area (Å²) >= 11 is 0. The van der Waals surface area contributed by atoms with Gasteiger partial charge in [-0.15, -0.1) is 0 Å². The van der Waals surface area contributed by atoms with E-state index in [1.54, 1.807) is 24.3 Å². The molecule has 7 heteroatoms. The van der Waals surface area contributed by atoms with Gasteiger partial charge in [0.2, 0.25) is 0 Å². The van der Waals surface area contributed by atoms with Crippen LogP contribution >= 0.6 is 0 Å². The summed E-state index contributed by atoms with van der Waals surface area (Å²) < 4.78 is 5.22. The van der Waals surface area contributed by atoms with Crippen LogP contribution in [0.2, 0.25) is 0 Å². The standard InChI is InChI=1S/C12H10N4O3/c17-11-6-19-9-2-1-7(5-8(9)14-11)12(18)15-10-3-4-13-16-10/h1-5H,6H2,(H,14,17)(H2,13,15,16,18). The Kier molecular flexibility index (Phi) is 2.64. The summed E-state index contributed by atoms with van der Waals surface area (Å²) in [5.74, 6) is 0.520. The smallest absolute Gasteiger partial charge is 0.262 e. The van der Waals surface area contributed by atoms with Gasteiger partial charge in [0.05, 0.1) is 11.9 Å². The van der Waals surface area contributed by atoms with Crippen molar-refractivity contribution in [3.8, 4) is 5.75 Å². The zero-order valence-electron chi connectivity index (χ0n) is 9.77. The number of amides is 2. The Morgan fingerprint density at radius 1 is 1.37 bits per heavy atom. The molecule has 19 heavy (non-hydrogen) atoms. The van der Waals surface area contributed by atoms with Gasteiger partial charge in [-0.3, -0.25) is 14.7 Å². The van der Waals surface area contributed by atoms with Crippen LogP contribution in [0.1, 0.15) is 10.4 Å². The van der Waals surface area contributed by atoms with Crippen molar-refractivity contribution in [1.29, 1.82) is 0 Å². The lowest BCUT2D eigenvalue weighted by molar-refractivity contribution is -0.118. The van der Waals surface area contributed by atoms with Gasteiger partial charge in [0, 0.05) is 11.6 Å². The number of aromatic nitrogens is 2. The molecule has 0 atom stereocenters. The molecule has 1 aromatic carbocycles. The first-order chi connectivity index (χ1) is 9.22. The third-order valence-corrected chi connectivity index (χ3v) is 2.62. The normalized spacial score (nSPS) is 13.2. The van der Waals surface area contributed by atoms with Gasteiger partial charge in [0.15, 0.2) is 6.61 Å². The highest BCUT2D eigenvalue weighted by molar-refractivity contribution is 6.05. The number of fused-ring (bicyclic) bond motifs is 1. The van der Waals surface area contributed by atoms with Gasteiger partial charge in [-0.1, -0.05) is 0 Å². The first-order valence-corrected chi connectivity index (χ1v) is 5.60. The number of carbonyl (C=O) groups excluding carboxylic acids is 2. The van der Waals surface area contributed by atoms with Crippen molar-refractivity contribution < 1.29 is 14.3 Å². The van der Waals surface area contributed by atoms with E-state index in [1.165, 1.54) is 6.20 Å². The van der Waals surface area contributed by atoms with Crippen molar-refractivity contribution in [3.63, 3.8) is 0 Å². The fourth-order valence-corrected chi connectivity index (χ4v) is 1.74. The Bertz CT molecular complexity index is 636. The van der Waals surface area contributed by atoms with Gasteiger partial charge in [0.1, 0.15) is 11.6 Å². The number of nitrogens with one attached hydrogen (secondary N) is 3. The Balaban J connectivity index is 1.83. The van der Waals surface area contributed by atoms with Crippen LogP contribution in [0, 0.1) is 0 Å². The molecule has 1 aliphatic rings. The number of benzene rings is 1. The predicted molar refractivity (Wildman–Crippen MR) is 67.1 cm³/mol. The van der Waals surface area contributed by atoms with E-state index in [0.717, 1.165) is 0 Å². The van der Waals surface area contributed by atoms with E-state index >= 15 is 0 Å². The van der Waals surface area contributed by atoms with Gasteiger partial charge in [-0.05, 0) is 18.2 Å². The van der Waals surface area contributed by atoms with Crippen LogP contribution in [0.15, 0.2) is 30.5 Å². The molecule has 1 aromatic heterocycles. The molecule has 0 bridgehead atoms. The maximum absolute atomic E-state index is 12.0. The molecule has 3 rings (SSSR count). The fraction of sp³-hybridized carbons (Fsp3) is 0.0833. The van der Waals surface area contributed by atoms with Crippen molar-refractivity contribution >= 4 is 23.3 Å². The van der Waals surface area contributed by atoms with Crippen LogP contribution in [0.3, 0.4) is 0 Å². The highest BCUT2D eigenvalue weighted by atomic mass is 16.5. The molecule has 0 unspecified atom stereocenters. The van der Waals surface area contributed by atoms with Crippen LogP contribution in [-0.2, 0) is 4.79 Å². The molecule has 2 amide bonds. The second-order valence-corrected chi connectivity index (χ2v) is 3.97. The largest absolute Gasteiger partial charge is 0.482 e. The van der Waals surface area contributed by atoms with Crippen LogP contribution < -0.4 is 15.4 Å². The van der Waals surface area contributed by atoms with Crippen molar-refractivity contribution in [3.05, 3.63) is 36.0 Å². The molecule has 3 N–H and O–H groups in total. The van der Waals surface area contributed by atoms with E-state index in [4.69, 9.17) is 4.74 Å². The van der Waals surface area contributed by atoms with E-state index < -0.39 is 0 Å². The van der Waals surface area contributed by atoms with Gasteiger partial charge in [-0.25, -0.2) is 0 Å². The quantitative estimate of drug-likeness (QED) is 0.748. The first kappa shape index (κ1) is 11.3. The van der Waals surface area contributed by atoms with E-state index in [1.807, 2.05) is 0 Å². The molecular weight excluding hydrogens is 248 g/mol. The zero-order valence-corrected chi connectivity index (χ0v) is 9.77. The molecule has 1 aliphatic heterocycles. The average molecular weight is 258 g/mol. The second-order valence-electron chi connectivity index (χ2n) is 3.97. The van der Waals surface area contributed by atoms with Crippen LogP contribution in [0.4, 0.5) is 11.5 Å². The van der Waals surface area contributed by atoms with Crippen molar-refractivity contribution in [2.45, 2.75) is 0 Å². The van der Waals surface area contributed by atoms with Gasteiger partial charge >= 0.3 is 0 Å². The van der Waals surface area contributed by atoms with Gasteiger partial charge in [0.25, 0.3) is 11.8 Å². The summed E-state index contributed by atoms with van der Waals surface area (Å²) in [7, 11) is 0. The fourth-order valence-electron chi connectivity index (χ4n) is 1.74. The van der Waals surface area contributed by atoms with Crippen LogP contribution in [0.5, 0.6) is 5.75 Å². The third kappa shape index (κ3) is 2.25. The number of rotatable bonds is 2. The van der Waals surface area contributed by atoms with E-state index in [-0.39, 0.29) is 18.4 Å². The Labute approximate surface area is 108 Å². The number of nitrogens with zero attached hydrogens (tertiary/aromatic N) is 1. The van der Waals surface area contributed by atoms with Gasteiger partial charge in [-0.2, -0.15) is 5.10 Å². The summed E-state index contributed by atoms with van der Waals surface area (Å²) in [4.78, 5) is 23.2. The molecule has 0 spiro atoms. The number of carbonyl (C=O) groups is 2. The Morgan fingerprint density at radius 2 is 2.26 bits per heavy atom. The van der Waals surface area contributed by atoms with E-state index in [0.29, 0.717) is 22.8 Å². The SMILES string of the molecule is O=C1COc2ccc(C(=O)Nc3ccn[nH]3)cc2N1. The summed E-state index contributed by atoms with van der Waals surface area (Å²) in [5.41, 5.74) is 0.910. The van der Waals surface area contributed by atoms with E-state index in [9.17, 15) is 9.59 Å². The molecule has 96 valence electrons. The molecular formula is C12H10N4O3. The van der Waals surface area contributed by atoms with Gasteiger partial charge < -0.3 is 15.4 Å². The molecule has 7 nitrogen and oxygen atoms in total.